The number of ketones is 1. The Balaban J connectivity index is 1.59. The third-order valence-electron chi connectivity index (χ3n) is 6.89. The first-order valence-corrected chi connectivity index (χ1v) is 14.5. The van der Waals surface area contributed by atoms with E-state index >= 15 is 0 Å². The van der Waals surface area contributed by atoms with Gasteiger partial charge in [-0.3, -0.25) is 14.5 Å². The van der Waals surface area contributed by atoms with E-state index in [4.69, 9.17) is 19.2 Å². The number of rotatable bonds is 11. The molecular formula is C32H32N2O6S. The summed E-state index contributed by atoms with van der Waals surface area (Å²) < 4.78 is 17.5. The first kappa shape index (κ1) is 28.2. The molecule has 9 heteroatoms. The molecule has 1 amide bonds. The SMILES string of the molecule is CCCCCOc1ccc(C2C(=C(O)c3ccc(OC)cc3)C(=O)C(=O)N2c2nc3ccc(OCC)cc3s2)cc1. The average Bonchev–Trinajstić information content (AvgIpc) is 3.53. The Morgan fingerprint density at radius 3 is 2.32 bits per heavy atom. The van der Waals surface area contributed by atoms with Crippen LogP contribution in [0.2, 0.25) is 0 Å². The Hall–Kier alpha value is -4.37. The van der Waals surface area contributed by atoms with Gasteiger partial charge in [-0.25, -0.2) is 4.98 Å². The fraction of sp³-hybridized carbons (Fsp3) is 0.281. The number of aromatic nitrogens is 1. The minimum absolute atomic E-state index is 0.00829. The largest absolute Gasteiger partial charge is 0.507 e. The Morgan fingerprint density at radius 2 is 1.63 bits per heavy atom. The maximum Gasteiger partial charge on any atom is 0.301 e. The number of fused-ring (bicyclic) bond motifs is 1. The van der Waals surface area contributed by atoms with Crippen molar-refractivity contribution >= 4 is 44.1 Å². The van der Waals surface area contributed by atoms with Gasteiger partial charge in [0.15, 0.2) is 5.13 Å². The number of methoxy groups -OCH3 is 1. The van der Waals surface area contributed by atoms with Crippen LogP contribution in [0.5, 0.6) is 17.2 Å². The molecule has 8 nitrogen and oxygen atoms in total. The number of aliphatic hydroxyl groups excluding tert-OH is 1. The van der Waals surface area contributed by atoms with Gasteiger partial charge in [0.2, 0.25) is 0 Å². The maximum atomic E-state index is 13.6. The van der Waals surface area contributed by atoms with Crippen LogP contribution < -0.4 is 19.1 Å². The summed E-state index contributed by atoms with van der Waals surface area (Å²) in [6, 6.07) is 18.6. The van der Waals surface area contributed by atoms with Gasteiger partial charge in [0.1, 0.15) is 23.0 Å². The van der Waals surface area contributed by atoms with E-state index in [0.717, 1.165) is 24.0 Å². The van der Waals surface area contributed by atoms with Crippen LogP contribution in [0.4, 0.5) is 5.13 Å². The summed E-state index contributed by atoms with van der Waals surface area (Å²) in [5.41, 5.74) is 1.72. The number of Topliss-reactive ketones (excluding diaryl/α,β-unsaturated/α-hetero) is 1. The topological polar surface area (TPSA) is 98.2 Å². The number of carbonyl (C=O) groups is 2. The highest BCUT2D eigenvalue weighted by Gasteiger charge is 2.48. The third-order valence-corrected chi connectivity index (χ3v) is 7.90. The number of anilines is 1. The van der Waals surface area contributed by atoms with Crippen LogP contribution in [-0.2, 0) is 9.59 Å². The fourth-order valence-corrected chi connectivity index (χ4v) is 5.81. The highest BCUT2D eigenvalue weighted by Crippen LogP contribution is 2.45. The molecule has 1 aliphatic rings. The molecule has 1 aromatic heterocycles. The van der Waals surface area contributed by atoms with Crippen molar-refractivity contribution in [2.45, 2.75) is 39.2 Å². The molecule has 1 atom stereocenters. The summed E-state index contributed by atoms with van der Waals surface area (Å²) in [6.45, 7) is 5.18. The van der Waals surface area contributed by atoms with Gasteiger partial charge in [-0.2, -0.15) is 0 Å². The predicted octanol–water partition coefficient (Wildman–Crippen LogP) is 6.90. The number of carbonyl (C=O) groups excluding carboxylic acids is 2. The van der Waals surface area contributed by atoms with E-state index in [-0.39, 0.29) is 11.3 Å². The molecule has 212 valence electrons. The van der Waals surface area contributed by atoms with Gasteiger partial charge >= 0.3 is 5.91 Å². The van der Waals surface area contributed by atoms with Crippen molar-refractivity contribution in [2.24, 2.45) is 0 Å². The molecule has 1 unspecified atom stereocenters. The van der Waals surface area contributed by atoms with Crippen molar-refractivity contribution in [1.82, 2.24) is 4.98 Å². The molecule has 0 radical (unpaired) electrons. The lowest BCUT2D eigenvalue weighted by molar-refractivity contribution is -0.132. The number of thiazole rings is 1. The molecular weight excluding hydrogens is 540 g/mol. The number of amides is 1. The lowest BCUT2D eigenvalue weighted by atomic mass is 9.95. The van der Waals surface area contributed by atoms with Crippen LogP contribution >= 0.6 is 11.3 Å². The number of hydrogen-bond donors (Lipinski definition) is 1. The van der Waals surface area contributed by atoms with Crippen molar-refractivity contribution in [1.29, 1.82) is 0 Å². The van der Waals surface area contributed by atoms with E-state index < -0.39 is 17.7 Å². The number of unbranched alkanes of at least 4 members (excludes halogenated alkanes) is 2. The summed E-state index contributed by atoms with van der Waals surface area (Å²) in [6.07, 6.45) is 3.16. The van der Waals surface area contributed by atoms with E-state index in [1.165, 1.54) is 16.2 Å². The number of benzene rings is 3. The lowest BCUT2D eigenvalue weighted by Gasteiger charge is -2.23. The lowest BCUT2D eigenvalue weighted by Crippen LogP contribution is -2.29. The molecule has 5 rings (SSSR count). The van der Waals surface area contributed by atoms with Crippen LogP contribution in [0.25, 0.3) is 16.0 Å². The summed E-state index contributed by atoms with van der Waals surface area (Å²) >= 11 is 1.29. The van der Waals surface area contributed by atoms with E-state index in [1.807, 2.05) is 49.4 Å². The zero-order valence-electron chi connectivity index (χ0n) is 23.3. The molecule has 1 aliphatic heterocycles. The molecule has 3 aromatic carbocycles. The molecule has 41 heavy (non-hydrogen) atoms. The van der Waals surface area contributed by atoms with Crippen LogP contribution in [0.15, 0.2) is 72.3 Å². The molecule has 1 N–H and O–H groups in total. The van der Waals surface area contributed by atoms with Gasteiger partial charge < -0.3 is 19.3 Å². The first-order valence-electron chi connectivity index (χ1n) is 13.7. The molecule has 0 aliphatic carbocycles. The Morgan fingerprint density at radius 1 is 0.927 bits per heavy atom. The standard InChI is InChI=1S/C32H32N2O6S/c1-4-6-7-18-40-23-14-8-20(9-15-23)28-27(29(35)21-10-12-22(38-3)13-11-21)30(36)31(37)34(28)32-33-25-17-16-24(39-5-2)19-26(25)41-32/h8-17,19,28,35H,4-7,18H2,1-3H3. The normalized spacial score (nSPS) is 16.4. The van der Waals surface area contributed by atoms with Crippen LogP contribution in [0, 0.1) is 0 Å². The summed E-state index contributed by atoms with van der Waals surface area (Å²) in [5.74, 6) is 0.196. The second-order valence-corrected chi connectivity index (χ2v) is 10.6. The zero-order chi connectivity index (χ0) is 28.9. The average molecular weight is 573 g/mol. The predicted molar refractivity (Wildman–Crippen MR) is 160 cm³/mol. The highest BCUT2D eigenvalue weighted by molar-refractivity contribution is 7.22. The van der Waals surface area contributed by atoms with E-state index in [9.17, 15) is 14.7 Å². The van der Waals surface area contributed by atoms with Gasteiger partial charge in [-0.15, -0.1) is 0 Å². The molecule has 1 saturated heterocycles. The smallest absolute Gasteiger partial charge is 0.301 e. The van der Waals surface area contributed by atoms with E-state index in [0.29, 0.717) is 52.2 Å². The van der Waals surface area contributed by atoms with Crippen LogP contribution in [0.3, 0.4) is 0 Å². The molecule has 1 fully saturated rings. The minimum atomic E-state index is -0.891. The minimum Gasteiger partial charge on any atom is -0.507 e. The Bertz CT molecular complexity index is 1580. The summed E-state index contributed by atoms with van der Waals surface area (Å²) in [5, 5.41) is 11.8. The van der Waals surface area contributed by atoms with Gasteiger partial charge in [0.05, 0.1) is 42.2 Å². The summed E-state index contributed by atoms with van der Waals surface area (Å²) in [4.78, 5) is 33.2. The van der Waals surface area contributed by atoms with Crippen molar-refractivity contribution in [3.05, 3.63) is 83.4 Å². The highest BCUT2D eigenvalue weighted by atomic mass is 32.1. The second kappa shape index (κ2) is 12.4. The zero-order valence-corrected chi connectivity index (χ0v) is 24.1. The third kappa shape index (κ3) is 5.76. The van der Waals surface area contributed by atoms with Crippen molar-refractivity contribution in [3.8, 4) is 17.2 Å². The molecule has 2 heterocycles. The second-order valence-electron chi connectivity index (χ2n) is 9.58. The monoisotopic (exact) mass is 572 g/mol. The van der Waals surface area contributed by atoms with E-state index in [2.05, 4.69) is 6.92 Å². The van der Waals surface area contributed by atoms with Gasteiger partial charge in [-0.1, -0.05) is 43.2 Å². The number of ether oxygens (including phenoxy) is 3. The summed E-state index contributed by atoms with van der Waals surface area (Å²) in [7, 11) is 1.55. The molecule has 0 saturated carbocycles. The fourth-order valence-electron chi connectivity index (χ4n) is 4.79. The Kier molecular flexibility index (Phi) is 8.54. The van der Waals surface area contributed by atoms with Gasteiger partial charge in [0.25, 0.3) is 5.78 Å². The van der Waals surface area contributed by atoms with Gasteiger partial charge in [-0.05, 0) is 73.5 Å². The van der Waals surface area contributed by atoms with Crippen molar-refractivity contribution in [2.75, 3.05) is 25.2 Å². The quantitative estimate of drug-likeness (QED) is 0.0904. The van der Waals surface area contributed by atoms with Crippen molar-refractivity contribution in [3.63, 3.8) is 0 Å². The maximum absolute atomic E-state index is 13.6. The van der Waals surface area contributed by atoms with Gasteiger partial charge in [0, 0.05) is 5.56 Å². The number of hydrogen-bond acceptors (Lipinski definition) is 8. The Labute approximate surface area is 242 Å². The van der Waals surface area contributed by atoms with Crippen LogP contribution in [0.1, 0.15) is 50.3 Å². The van der Waals surface area contributed by atoms with Crippen molar-refractivity contribution < 1.29 is 28.9 Å². The molecule has 4 aromatic rings. The van der Waals surface area contributed by atoms with E-state index in [1.54, 1.807) is 31.4 Å². The number of nitrogens with zero attached hydrogens (tertiary/aromatic N) is 2. The van der Waals surface area contributed by atoms with Crippen LogP contribution in [-0.4, -0.2) is 42.1 Å². The molecule has 0 bridgehead atoms. The number of aliphatic hydroxyl groups is 1. The molecule has 0 spiro atoms. The first-order chi connectivity index (χ1) is 19.9.